The Bertz CT molecular complexity index is 1410. The summed E-state index contributed by atoms with van der Waals surface area (Å²) in [6.07, 6.45) is 3.60. The molecule has 0 aliphatic heterocycles. The fourth-order valence-electron chi connectivity index (χ4n) is 3.52. The Balaban J connectivity index is 1.48. The van der Waals surface area contributed by atoms with Gasteiger partial charge in [-0.1, -0.05) is 36.4 Å². The van der Waals surface area contributed by atoms with Crippen molar-refractivity contribution in [3.63, 3.8) is 0 Å². The van der Waals surface area contributed by atoms with Crippen molar-refractivity contribution in [1.82, 2.24) is 4.98 Å². The maximum absolute atomic E-state index is 8.95. The number of aliphatic imine (C=N–C) groups is 1. The number of ether oxygens (including phenoxy) is 1. The minimum absolute atomic E-state index is 0.395. The third kappa shape index (κ3) is 5.18. The van der Waals surface area contributed by atoms with Crippen LogP contribution in [0.15, 0.2) is 84.0 Å². The Labute approximate surface area is 199 Å². The highest BCUT2D eigenvalue weighted by Crippen LogP contribution is 2.26. The summed E-state index contributed by atoms with van der Waals surface area (Å²) >= 11 is 0. The first-order chi connectivity index (χ1) is 16.6. The van der Waals surface area contributed by atoms with Gasteiger partial charge in [0.1, 0.15) is 12.4 Å². The minimum atomic E-state index is 0.395. The Morgan fingerprint density at radius 1 is 0.824 bits per heavy atom. The van der Waals surface area contributed by atoms with Crippen molar-refractivity contribution in [3.8, 4) is 29.0 Å². The van der Waals surface area contributed by atoms with Crippen molar-refractivity contribution in [1.29, 1.82) is 10.5 Å². The van der Waals surface area contributed by atoms with Gasteiger partial charge in [0, 0.05) is 23.5 Å². The third-order valence-corrected chi connectivity index (χ3v) is 5.53. The second kappa shape index (κ2) is 10.3. The summed E-state index contributed by atoms with van der Waals surface area (Å²) in [5, 5.41) is 17.9. The monoisotopic (exact) mass is 442 g/mol. The van der Waals surface area contributed by atoms with Gasteiger partial charge in [0.05, 0.1) is 34.6 Å². The van der Waals surface area contributed by atoms with Gasteiger partial charge in [0.2, 0.25) is 0 Å². The number of aryl methyl sites for hydroxylation is 1. The molecule has 0 bridgehead atoms. The topological polar surface area (TPSA) is 82.1 Å². The average molecular weight is 443 g/mol. The van der Waals surface area contributed by atoms with E-state index in [1.54, 1.807) is 24.5 Å². The molecule has 34 heavy (non-hydrogen) atoms. The molecule has 0 fully saturated rings. The van der Waals surface area contributed by atoms with Gasteiger partial charge in [-0.05, 0) is 66.9 Å². The molecule has 3 aromatic carbocycles. The zero-order valence-corrected chi connectivity index (χ0v) is 19.0. The summed E-state index contributed by atoms with van der Waals surface area (Å²) in [5.74, 6) is 0.740. The fourth-order valence-corrected chi connectivity index (χ4v) is 3.52. The predicted octanol–water partition coefficient (Wildman–Crippen LogP) is 6.44. The molecule has 0 spiro atoms. The number of nitriles is 2. The van der Waals surface area contributed by atoms with E-state index in [4.69, 9.17) is 15.3 Å². The molecule has 0 unspecified atom stereocenters. The Kier molecular flexibility index (Phi) is 6.77. The van der Waals surface area contributed by atoms with E-state index in [9.17, 15) is 0 Å². The van der Waals surface area contributed by atoms with Gasteiger partial charge in [-0.2, -0.15) is 10.5 Å². The first-order valence-corrected chi connectivity index (χ1v) is 10.8. The predicted molar refractivity (Wildman–Crippen MR) is 133 cm³/mol. The summed E-state index contributed by atoms with van der Waals surface area (Å²) in [4.78, 5) is 9.09. The highest BCUT2D eigenvalue weighted by molar-refractivity contribution is 5.84. The van der Waals surface area contributed by atoms with Crippen LogP contribution in [0.5, 0.6) is 5.75 Å². The molecule has 5 nitrogen and oxygen atoms in total. The Morgan fingerprint density at radius 3 is 1.97 bits per heavy atom. The number of hydrogen-bond donors (Lipinski definition) is 0. The lowest BCUT2D eigenvalue weighted by Gasteiger charge is -2.13. The van der Waals surface area contributed by atoms with Crippen LogP contribution in [0.3, 0.4) is 0 Å². The molecular weight excluding hydrogens is 420 g/mol. The van der Waals surface area contributed by atoms with Crippen LogP contribution < -0.4 is 4.74 Å². The van der Waals surface area contributed by atoms with E-state index in [-0.39, 0.29) is 0 Å². The average Bonchev–Trinajstić information content (AvgIpc) is 2.89. The summed E-state index contributed by atoms with van der Waals surface area (Å²) < 4.78 is 6.07. The highest BCUT2D eigenvalue weighted by Gasteiger charge is 2.10. The zero-order chi connectivity index (χ0) is 23.9. The Hall–Kier alpha value is -4.74. The largest absolute Gasteiger partial charge is 0.487 e. The van der Waals surface area contributed by atoms with Crippen molar-refractivity contribution in [3.05, 3.63) is 113 Å². The van der Waals surface area contributed by atoms with E-state index >= 15 is 0 Å². The number of aromatic nitrogens is 1. The molecule has 0 saturated heterocycles. The number of rotatable bonds is 6. The fraction of sp³-hybridized carbons (Fsp3) is 0.103. The lowest BCUT2D eigenvalue weighted by Crippen LogP contribution is -2.03. The number of benzene rings is 3. The van der Waals surface area contributed by atoms with Crippen LogP contribution in [-0.4, -0.2) is 11.2 Å². The molecule has 4 rings (SSSR count). The van der Waals surface area contributed by atoms with Gasteiger partial charge in [-0.15, -0.1) is 0 Å². The van der Waals surface area contributed by atoms with Gasteiger partial charge in [0.15, 0.2) is 0 Å². The van der Waals surface area contributed by atoms with E-state index in [1.165, 1.54) is 0 Å². The molecular formula is C29H22N4O. The first kappa shape index (κ1) is 22.5. The van der Waals surface area contributed by atoms with Gasteiger partial charge >= 0.3 is 0 Å². The van der Waals surface area contributed by atoms with Gasteiger partial charge in [-0.25, -0.2) is 0 Å². The molecule has 4 aromatic rings. The summed E-state index contributed by atoms with van der Waals surface area (Å²) in [5.41, 5.74) is 7.88. The molecule has 1 aromatic heterocycles. The zero-order valence-electron chi connectivity index (χ0n) is 19.0. The molecule has 0 N–H and O–H groups in total. The molecule has 0 radical (unpaired) electrons. The number of pyridine rings is 1. The maximum Gasteiger partial charge on any atom is 0.144 e. The van der Waals surface area contributed by atoms with E-state index in [0.717, 1.165) is 44.9 Å². The lowest BCUT2D eigenvalue weighted by molar-refractivity contribution is 0.300. The minimum Gasteiger partial charge on any atom is -0.487 e. The van der Waals surface area contributed by atoms with Gasteiger partial charge in [-0.3, -0.25) is 9.98 Å². The maximum atomic E-state index is 8.95. The van der Waals surface area contributed by atoms with E-state index in [2.05, 4.69) is 22.1 Å². The standard InChI is InChI=1S/C29H22N4O/c1-20-27(17-32-21(2)29(20)34-19-24-5-3-22(15-30)4-6-24)18-33-28-13-11-26(12-14-28)25-9-7-23(16-31)8-10-25/h3-14,17-18H,19H2,1-2H3/b33-18+. The van der Waals surface area contributed by atoms with Crippen LogP contribution in [-0.2, 0) is 6.61 Å². The number of nitrogens with zero attached hydrogens (tertiary/aromatic N) is 4. The van der Waals surface area contributed by atoms with E-state index in [1.807, 2.05) is 74.5 Å². The molecule has 0 aliphatic carbocycles. The molecule has 0 aliphatic rings. The summed E-state index contributed by atoms with van der Waals surface area (Å²) in [7, 11) is 0. The van der Waals surface area contributed by atoms with Crippen LogP contribution in [0.4, 0.5) is 5.69 Å². The molecule has 5 heteroatoms. The lowest BCUT2D eigenvalue weighted by atomic mass is 10.0. The highest BCUT2D eigenvalue weighted by atomic mass is 16.5. The normalized spacial score (nSPS) is 10.6. The van der Waals surface area contributed by atoms with Crippen molar-refractivity contribution in [2.24, 2.45) is 4.99 Å². The summed E-state index contributed by atoms with van der Waals surface area (Å²) in [6.45, 7) is 4.31. The van der Waals surface area contributed by atoms with Gasteiger partial charge < -0.3 is 4.74 Å². The van der Waals surface area contributed by atoms with Crippen LogP contribution in [0.25, 0.3) is 11.1 Å². The van der Waals surface area contributed by atoms with Crippen LogP contribution in [0.2, 0.25) is 0 Å². The molecule has 0 atom stereocenters. The van der Waals surface area contributed by atoms with Crippen LogP contribution in [0, 0.1) is 36.5 Å². The van der Waals surface area contributed by atoms with Crippen molar-refractivity contribution >= 4 is 11.9 Å². The molecule has 1 heterocycles. The van der Waals surface area contributed by atoms with E-state index < -0.39 is 0 Å². The van der Waals surface area contributed by atoms with Crippen molar-refractivity contribution in [2.75, 3.05) is 0 Å². The van der Waals surface area contributed by atoms with Gasteiger partial charge in [0.25, 0.3) is 0 Å². The quantitative estimate of drug-likeness (QED) is 0.322. The first-order valence-electron chi connectivity index (χ1n) is 10.8. The molecule has 164 valence electrons. The van der Waals surface area contributed by atoms with E-state index in [0.29, 0.717) is 17.7 Å². The van der Waals surface area contributed by atoms with Crippen molar-refractivity contribution in [2.45, 2.75) is 20.5 Å². The second-order valence-corrected chi connectivity index (χ2v) is 7.84. The van der Waals surface area contributed by atoms with Crippen LogP contribution in [0.1, 0.15) is 33.5 Å². The second-order valence-electron chi connectivity index (χ2n) is 7.84. The smallest absolute Gasteiger partial charge is 0.144 e. The molecule has 0 saturated carbocycles. The Morgan fingerprint density at radius 2 is 1.38 bits per heavy atom. The number of hydrogen-bond acceptors (Lipinski definition) is 5. The molecule has 0 amide bonds. The SMILES string of the molecule is Cc1ncc(/C=N/c2ccc(-c3ccc(C#N)cc3)cc2)c(C)c1OCc1ccc(C#N)cc1. The third-order valence-electron chi connectivity index (χ3n) is 5.53. The van der Waals surface area contributed by atoms with Crippen LogP contribution >= 0.6 is 0 Å². The van der Waals surface area contributed by atoms with Crippen molar-refractivity contribution < 1.29 is 4.74 Å². The summed E-state index contributed by atoms with van der Waals surface area (Å²) in [6, 6.07) is 27.1.